The average molecular weight is 387 g/mol. The second-order valence-corrected chi connectivity index (χ2v) is 6.96. The molecule has 9 heteroatoms. The number of nitrogens with one attached hydrogen (secondary N) is 1. The molecule has 22 heavy (non-hydrogen) atoms. The van der Waals surface area contributed by atoms with E-state index in [1.54, 1.807) is 6.92 Å². The third-order valence-corrected chi connectivity index (χ3v) is 4.89. The molecule has 7 nitrogen and oxygen atoms in total. The smallest absolute Gasteiger partial charge is 0.289 e. The van der Waals surface area contributed by atoms with Crippen molar-refractivity contribution in [2.24, 2.45) is 0 Å². The fraction of sp³-hybridized carbons (Fsp3) is 0.0769. The molecule has 0 bridgehead atoms. The summed E-state index contributed by atoms with van der Waals surface area (Å²) in [6.07, 6.45) is 0. The number of hydrogen-bond donors (Lipinski definition) is 2. The Labute approximate surface area is 134 Å². The number of para-hydroxylation sites is 1. The highest BCUT2D eigenvalue weighted by Gasteiger charge is 2.25. The molecule has 0 atom stereocenters. The van der Waals surface area contributed by atoms with Gasteiger partial charge in [0.1, 0.15) is 5.75 Å². The van der Waals surface area contributed by atoms with Gasteiger partial charge in [-0.15, -0.1) is 0 Å². The number of anilines is 1. The van der Waals surface area contributed by atoms with E-state index >= 15 is 0 Å². The third kappa shape index (κ3) is 3.20. The standard InChI is InChI=1S/C13H11BrN2O5S/c1-8-6-9(7-10(14)13(8)17)15-22(20,21)12-5-3-2-4-11(12)16(18)19/h2-7,15,17H,1H3. The minimum absolute atomic E-state index is 0.00589. The van der Waals surface area contributed by atoms with Crippen LogP contribution in [0.25, 0.3) is 0 Å². The van der Waals surface area contributed by atoms with Gasteiger partial charge in [0, 0.05) is 6.07 Å². The van der Waals surface area contributed by atoms with Crippen molar-refractivity contribution in [2.75, 3.05) is 4.72 Å². The number of phenols is 1. The van der Waals surface area contributed by atoms with Crippen LogP contribution in [0.1, 0.15) is 5.56 Å². The zero-order valence-electron chi connectivity index (χ0n) is 11.3. The fourth-order valence-corrected chi connectivity index (χ4v) is 3.61. The second-order valence-electron chi connectivity index (χ2n) is 4.45. The summed E-state index contributed by atoms with van der Waals surface area (Å²) >= 11 is 3.11. The van der Waals surface area contributed by atoms with Crippen molar-refractivity contribution in [2.45, 2.75) is 11.8 Å². The highest BCUT2D eigenvalue weighted by atomic mass is 79.9. The Bertz CT molecular complexity index is 828. The summed E-state index contributed by atoms with van der Waals surface area (Å²) in [6, 6.07) is 7.86. The summed E-state index contributed by atoms with van der Waals surface area (Å²) < 4.78 is 27.3. The van der Waals surface area contributed by atoms with Crippen LogP contribution in [0.3, 0.4) is 0 Å². The summed E-state index contributed by atoms with van der Waals surface area (Å²) in [7, 11) is -4.13. The number of nitro groups is 1. The zero-order valence-corrected chi connectivity index (χ0v) is 13.7. The van der Waals surface area contributed by atoms with Crippen LogP contribution in [-0.4, -0.2) is 18.4 Å². The van der Waals surface area contributed by atoms with Gasteiger partial charge < -0.3 is 5.11 Å². The van der Waals surface area contributed by atoms with Crippen molar-refractivity contribution in [3.8, 4) is 5.75 Å². The molecule has 0 fully saturated rings. The predicted molar refractivity (Wildman–Crippen MR) is 84.4 cm³/mol. The normalized spacial score (nSPS) is 11.2. The monoisotopic (exact) mass is 386 g/mol. The van der Waals surface area contributed by atoms with Gasteiger partial charge in [0.25, 0.3) is 15.7 Å². The van der Waals surface area contributed by atoms with Crippen LogP contribution in [0, 0.1) is 17.0 Å². The lowest BCUT2D eigenvalue weighted by molar-refractivity contribution is -0.387. The average Bonchev–Trinajstić information content (AvgIpc) is 2.44. The predicted octanol–water partition coefficient (Wildman–Crippen LogP) is 3.17. The number of halogens is 1. The Hall–Kier alpha value is -2.13. The zero-order chi connectivity index (χ0) is 16.5. The summed E-state index contributed by atoms with van der Waals surface area (Å²) in [5, 5.41) is 20.6. The highest BCUT2D eigenvalue weighted by molar-refractivity contribution is 9.10. The summed E-state index contributed by atoms with van der Waals surface area (Å²) in [5.74, 6) is -0.00589. The molecule has 0 aromatic heterocycles. The number of nitrogens with zero attached hydrogens (tertiary/aromatic N) is 1. The van der Waals surface area contributed by atoms with Gasteiger partial charge in [0.15, 0.2) is 4.90 Å². The van der Waals surface area contributed by atoms with Crippen LogP contribution in [0.15, 0.2) is 45.8 Å². The van der Waals surface area contributed by atoms with E-state index in [2.05, 4.69) is 20.7 Å². The minimum atomic E-state index is -4.13. The molecule has 2 aromatic carbocycles. The Morgan fingerprint density at radius 1 is 1.27 bits per heavy atom. The number of nitro benzene ring substituents is 1. The van der Waals surface area contributed by atoms with E-state index in [0.717, 1.165) is 12.1 Å². The van der Waals surface area contributed by atoms with Gasteiger partial charge in [-0.05, 0) is 46.6 Å². The molecule has 0 amide bonds. The van der Waals surface area contributed by atoms with Crippen LogP contribution in [-0.2, 0) is 10.0 Å². The first-order chi connectivity index (χ1) is 10.2. The topological polar surface area (TPSA) is 110 Å². The van der Waals surface area contributed by atoms with Crippen molar-refractivity contribution in [3.05, 3.63) is 56.5 Å². The lowest BCUT2D eigenvalue weighted by atomic mass is 10.2. The molecule has 0 saturated heterocycles. The maximum Gasteiger partial charge on any atom is 0.289 e. The Balaban J connectivity index is 2.47. The van der Waals surface area contributed by atoms with Gasteiger partial charge in [-0.3, -0.25) is 14.8 Å². The number of aryl methyl sites for hydroxylation is 1. The molecule has 0 radical (unpaired) electrons. The van der Waals surface area contributed by atoms with Gasteiger partial charge >= 0.3 is 0 Å². The fourth-order valence-electron chi connectivity index (χ4n) is 1.84. The Kier molecular flexibility index (Phi) is 4.38. The maximum absolute atomic E-state index is 12.3. The molecular formula is C13H11BrN2O5S. The van der Waals surface area contributed by atoms with E-state index in [9.17, 15) is 23.6 Å². The second kappa shape index (κ2) is 5.93. The van der Waals surface area contributed by atoms with Crippen LogP contribution in [0.5, 0.6) is 5.75 Å². The van der Waals surface area contributed by atoms with E-state index in [-0.39, 0.29) is 11.4 Å². The van der Waals surface area contributed by atoms with Gasteiger partial charge in [0.05, 0.1) is 15.1 Å². The molecule has 0 saturated carbocycles. The van der Waals surface area contributed by atoms with E-state index in [4.69, 9.17) is 0 Å². The van der Waals surface area contributed by atoms with Crippen molar-refractivity contribution in [1.29, 1.82) is 0 Å². The SMILES string of the molecule is Cc1cc(NS(=O)(=O)c2ccccc2[N+](=O)[O-])cc(Br)c1O. The number of hydrogen-bond acceptors (Lipinski definition) is 5. The molecular weight excluding hydrogens is 376 g/mol. The lowest BCUT2D eigenvalue weighted by Crippen LogP contribution is -2.14. The largest absolute Gasteiger partial charge is 0.506 e. The number of benzene rings is 2. The quantitative estimate of drug-likeness (QED) is 0.476. The molecule has 0 heterocycles. The Morgan fingerprint density at radius 2 is 1.91 bits per heavy atom. The van der Waals surface area contributed by atoms with Crippen molar-refractivity contribution >= 4 is 37.3 Å². The molecule has 0 aliphatic carbocycles. The molecule has 116 valence electrons. The van der Waals surface area contributed by atoms with Crippen LogP contribution >= 0.6 is 15.9 Å². The number of sulfonamides is 1. The summed E-state index contributed by atoms with van der Waals surface area (Å²) in [6.45, 7) is 1.60. The van der Waals surface area contributed by atoms with Crippen molar-refractivity contribution in [3.63, 3.8) is 0 Å². The maximum atomic E-state index is 12.3. The van der Waals surface area contributed by atoms with Gasteiger partial charge in [-0.25, -0.2) is 8.42 Å². The van der Waals surface area contributed by atoms with Gasteiger partial charge in [0.2, 0.25) is 0 Å². The third-order valence-electron chi connectivity index (χ3n) is 2.86. The molecule has 0 aliphatic heterocycles. The van der Waals surface area contributed by atoms with E-state index in [1.807, 2.05) is 0 Å². The van der Waals surface area contributed by atoms with Gasteiger partial charge in [-0.2, -0.15) is 0 Å². The first-order valence-corrected chi connectivity index (χ1v) is 8.25. The van der Waals surface area contributed by atoms with E-state index in [0.29, 0.717) is 10.0 Å². The number of phenolic OH excluding ortho intramolecular Hbond substituents is 1. The molecule has 2 N–H and O–H groups in total. The van der Waals surface area contributed by atoms with Crippen molar-refractivity contribution in [1.82, 2.24) is 0 Å². The van der Waals surface area contributed by atoms with Crippen molar-refractivity contribution < 1.29 is 18.4 Å². The van der Waals surface area contributed by atoms with E-state index < -0.39 is 25.5 Å². The number of rotatable bonds is 4. The number of aromatic hydroxyl groups is 1. The molecule has 2 rings (SSSR count). The van der Waals surface area contributed by atoms with Crippen LogP contribution in [0.2, 0.25) is 0 Å². The highest BCUT2D eigenvalue weighted by Crippen LogP contribution is 2.32. The van der Waals surface area contributed by atoms with Crippen LogP contribution in [0.4, 0.5) is 11.4 Å². The summed E-state index contributed by atoms with van der Waals surface area (Å²) in [5.41, 5.74) is 0.125. The van der Waals surface area contributed by atoms with Gasteiger partial charge in [-0.1, -0.05) is 12.1 Å². The van der Waals surface area contributed by atoms with E-state index in [1.165, 1.54) is 24.3 Å². The first kappa shape index (κ1) is 16.2. The molecule has 0 aliphatic rings. The Morgan fingerprint density at radius 3 is 2.50 bits per heavy atom. The van der Waals surface area contributed by atoms with Crippen LogP contribution < -0.4 is 4.72 Å². The molecule has 0 spiro atoms. The molecule has 2 aromatic rings. The molecule has 0 unspecified atom stereocenters. The minimum Gasteiger partial charge on any atom is -0.506 e. The first-order valence-electron chi connectivity index (χ1n) is 5.97. The lowest BCUT2D eigenvalue weighted by Gasteiger charge is -2.10. The summed E-state index contributed by atoms with van der Waals surface area (Å²) in [4.78, 5) is 9.76.